The predicted molar refractivity (Wildman–Crippen MR) is 78.8 cm³/mol. The van der Waals surface area contributed by atoms with Crippen LogP contribution in [-0.4, -0.2) is 35.1 Å². The normalized spacial score (nSPS) is 10.7. The maximum absolute atomic E-state index is 12.1. The zero-order chi connectivity index (χ0) is 15.6. The van der Waals surface area contributed by atoms with Crippen molar-refractivity contribution in [2.45, 2.75) is 27.7 Å². The van der Waals surface area contributed by atoms with Crippen LogP contribution in [0.1, 0.15) is 45.4 Å². The molecule has 0 spiro atoms. The third-order valence-corrected chi connectivity index (χ3v) is 4.06. The molecule has 6 nitrogen and oxygen atoms in total. The molecule has 0 saturated heterocycles. The van der Waals surface area contributed by atoms with E-state index in [-0.39, 0.29) is 24.7 Å². The Hall–Kier alpha value is -2.02. The van der Waals surface area contributed by atoms with Crippen LogP contribution in [0.25, 0.3) is 10.2 Å². The summed E-state index contributed by atoms with van der Waals surface area (Å²) >= 11 is 1.41. The van der Waals surface area contributed by atoms with Gasteiger partial charge in [-0.2, -0.15) is 0 Å². The van der Waals surface area contributed by atoms with Gasteiger partial charge in [0.1, 0.15) is 4.83 Å². The highest BCUT2D eigenvalue weighted by molar-refractivity contribution is 7.18. The van der Waals surface area contributed by atoms with Crippen molar-refractivity contribution in [3.05, 3.63) is 22.0 Å². The molecule has 0 fully saturated rings. The fourth-order valence-electron chi connectivity index (χ4n) is 1.88. The smallest absolute Gasteiger partial charge is 0.376 e. The van der Waals surface area contributed by atoms with E-state index in [4.69, 9.17) is 9.47 Å². The largest absolute Gasteiger partial charge is 0.461 e. The van der Waals surface area contributed by atoms with Crippen molar-refractivity contribution in [1.29, 1.82) is 0 Å². The van der Waals surface area contributed by atoms with Crippen LogP contribution in [0, 0.1) is 13.8 Å². The van der Waals surface area contributed by atoms with E-state index in [2.05, 4.69) is 9.97 Å². The van der Waals surface area contributed by atoms with Crippen molar-refractivity contribution in [3.8, 4) is 0 Å². The number of aryl methyl sites for hydroxylation is 2. The first kappa shape index (κ1) is 15.4. The number of carbonyl (C=O) groups excluding carboxylic acids is 2. The van der Waals surface area contributed by atoms with E-state index in [0.29, 0.717) is 10.2 Å². The molecule has 0 saturated carbocycles. The van der Waals surface area contributed by atoms with E-state index < -0.39 is 11.9 Å². The number of nitrogens with zero attached hydrogens (tertiary/aromatic N) is 2. The summed E-state index contributed by atoms with van der Waals surface area (Å²) in [6.07, 6.45) is 0. The van der Waals surface area contributed by atoms with Crippen LogP contribution in [0.5, 0.6) is 0 Å². The standard InChI is InChI=1S/C14H16N2O4S/c1-5-19-13(17)10-9-7(3)8(4)21-12(9)16-11(15-10)14(18)20-6-2/h5-6H2,1-4H3. The van der Waals surface area contributed by atoms with Gasteiger partial charge in [-0.1, -0.05) is 0 Å². The lowest BCUT2D eigenvalue weighted by molar-refractivity contribution is 0.0507. The lowest BCUT2D eigenvalue weighted by Crippen LogP contribution is -2.15. The van der Waals surface area contributed by atoms with Gasteiger partial charge >= 0.3 is 11.9 Å². The van der Waals surface area contributed by atoms with E-state index in [0.717, 1.165) is 10.4 Å². The molecule has 0 aliphatic rings. The molecule has 0 atom stereocenters. The SMILES string of the molecule is CCOC(=O)c1nc(C(=O)OCC)c2c(C)c(C)sc2n1. The lowest BCUT2D eigenvalue weighted by Gasteiger charge is -2.06. The molecule has 2 rings (SSSR count). The van der Waals surface area contributed by atoms with Gasteiger partial charge in [0, 0.05) is 10.3 Å². The molecule has 2 aromatic heterocycles. The molecule has 0 N–H and O–H groups in total. The molecule has 2 heterocycles. The Bertz CT molecular complexity index is 709. The van der Waals surface area contributed by atoms with Crippen molar-refractivity contribution in [1.82, 2.24) is 9.97 Å². The van der Waals surface area contributed by atoms with Gasteiger partial charge < -0.3 is 9.47 Å². The average molecular weight is 308 g/mol. The van der Waals surface area contributed by atoms with Crippen LogP contribution < -0.4 is 0 Å². The Morgan fingerprint density at radius 2 is 1.67 bits per heavy atom. The number of carbonyl (C=O) groups is 2. The van der Waals surface area contributed by atoms with E-state index in [9.17, 15) is 9.59 Å². The van der Waals surface area contributed by atoms with E-state index in [1.807, 2.05) is 13.8 Å². The van der Waals surface area contributed by atoms with Crippen molar-refractivity contribution in [2.75, 3.05) is 13.2 Å². The summed E-state index contributed by atoms with van der Waals surface area (Å²) in [5.74, 6) is -1.32. The summed E-state index contributed by atoms with van der Waals surface area (Å²) in [6, 6.07) is 0. The molecule has 7 heteroatoms. The van der Waals surface area contributed by atoms with E-state index in [1.165, 1.54) is 11.3 Å². The zero-order valence-corrected chi connectivity index (χ0v) is 13.2. The second-order valence-electron chi connectivity index (χ2n) is 4.30. The number of rotatable bonds is 4. The number of aromatic nitrogens is 2. The lowest BCUT2D eigenvalue weighted by atomic mass is 10.1. The summed E-state index contributed by atoms with van der Waals surface area (Å²) in [5.41, 5.74) is 1.04. The highest BCUT2D eigenvalue weighted by Crippen LogP contribution is 2.31. The fourth-order valence-corrected chi connectivity index (χ4v) is 2.91. The topological polar surface area (TPSA) is 78.4 Å². The summed E-state index contributed by atoms with van der Waals surface area (Å²) in [7, 11) is 0. The van der Waals surface area contributed by atoms with Crippen molar-refractivity contribution in [2.24, 2.45) is 0 Å². The minimum atomic E-state index is -0.645. The average Bonchev–Trinajstić information content (AvgIpc) is 2.73. The minimum Gasteiger partial charge on any atom is -0.461 e. The molecular weight excluding hydrogens is 292 g/mol. The molecule has 0 amide bonds. The third-order valence-electron chi connectivity index (χ3n) is 2.96. The summed E-state index contributed by atoms with van der Waals surface area (Å²) < 4.78 is 9.92. The Morgan fingerprint density at radius 1 is 1.05 bits per heavy atom. The van der Waals surface area contributed by atoms with Crippen molar-refractivity contribution >= 4 is 33.5 Å². The number of ether oxygens (including phenoxy) is 2. The predicted octanol–water partition coefficient (Wildman–Crippen LogP) is 2.66. The van der Waals surface area contributed by atoms with Crippen molar-refractivity contribution in [3.63, 3.8) is 0 Å². The number of thiophene rings is 1. The third kappa shape index (κ3) is 2.87. The Labute approximate surface area is 126 Å². The van der Waals surface area contributed by atoms with Gasteiger partial charge in [0.25, 0.3) is 0 Å². The van der Waals surface area contributed by atoms with Gasteiger partial charge in [0.15, 0.2) is 5.69 Å². The van der Waals surface area contributed by atoms with Crippen LogP contribution >= 0.6 is 11.3 Å². The Balaban J connectivity index is 2.66. The molecule has 2 aromatic rings. The maximum atomic E-state index is 12.1. The number of hydrogen-bond donors (Lipinski definition) is 0. The van der Waals surface area contributed by atoms with E-state index >= 15 is 0 Å². The second kappa shape index (κ2) is 6.17. The van der Waals surface area contributed by atoms with Crippen LogP contribution in [0.4, 0.5) is 0 Å². The van der Waals surface area contributed by atoms with Crippen LogP contribution in [0.15, 0.2) is 0 Å². The summed E-state index contributed by atoms with van der Waals surface area (Å²) in [5, 5.41) is 0.643. The van der Waals surface area contributed by atoms with Gasteiger partial charge in [0.05, 0.1) is 13.2 Å². The first-order valence-electron chi connectivity index (χ1n) is 6.61. The second-order valence-corrected chi connectivity index (χ2v) is 5.50. The van der Waals surface area contributed by atoms with Gasteiger partial charge in [-0.25, -0.2) is 19.6 Å². The molecule has 0 aliphatic carbocycles. The highest BCUT2D eigenvalue weighted by atomic mass is 32.1. The molecular formula is C14H16N2O4S. The van der Waals surface area contributed by atoms with Gasteiger partial charge in [-0.05, 0) is 33.3 Å². The quantitative estimate of drug-likeness (QED) is 0.808. The van der Waals surface area contributed by atoms with Gasteiger partial charge in [-0.3, -0.25) is 0 Å². The number of esters is 2. The molecule has 0 bridgehead atoms. The molecule has 0 radical (unpaired) electrons. The maximum Gasteiger partial charge on any atom is 0.376 e. The van der Waals surface area contributed by atoms with Crippen molar-refractivity contribution < 1.29 is 19.1 Å². The minimum absolute atomic E-state index is 0.117. The summed E-state index contributed by atoms with van der Waals surface area (Å²) in [6.45, 7) is 7.69. The molecule has 0 unspecified atom stereocenters. The fraction of sp³-hybridized carbons (Fsp3) is 0.429. The van der Waals surface area contributed by atoms with Crippen LogP contribution in [0.3, 0.4) is 0 Å². The molecule has 0 aromatic carbocycles. The highest BCUT2D eigenvalue weighted by Gasteiger charge is 2.23. The number of hydrogen-bond acceptors (Lipinski definition) is 7. The van der Waals surface area contributed by atoms with Crippen LogP contribution in [-0.2, 0) is 9.47 Å². The molecule has 0 aliphatic heterocycles. The van der Waals surface area contributed by atoms with Gasteiger partial charge in [-0.15, -0.1) is 11.3 Å². The molecule has 112 valence electrons. The summed E-state index contributed by atoms with van der Waals surface area (Å²) in [4.78, 5) is 33.8. The molecule has 21 heavy (non-hydrogen) atoms. The van der Waals surface area contributed by atoms with Crippen LogP contribution in [0.2, 0.25) is 0 Å². The van der Waals surface area contributed by atoms with Gasteiger partial charge in [0.2, 0.25) is 5.82 Å². The van der Waals surface area contributed by atoms with E-state index in [1.54, 1.807) is 13.8 Å². The Morgan fingerprint density at radius 3 is 2.29 bits per heavy atom. The zero-order valence-electron chi connectivity index (χ0n) is 12.3. The first-order chi connectivity index (χ1) is 9.99. The monoisotopic (exact) mass is 308 g/mol. The Kier molecular flexibility index (Phi) is 4.52. The number of fused-ring (bicyclic) bond motifs is 1. The first-order valence-corrected chi connectivity index (χ1v) is 7.43.